The number of benzene rings is 2. The van der Waals surface area contributed by atoms with E-state index < -0.39 is 29.2 Å². The molecular weight excluding hydrogens is 474 g/mol. The van der Waals surface area contributed by atoms with Crippen molar-refractivity contribution in [3.63, 3.8) is 0 Å². The highest BCUT2D eigenvalue weighted by Crippen LogP contribution is 2.28. The first-order valence-corrected chi connectivity index (χ1v) is 11.4. The molecule has 0 spiro atoms. The molecule has 2 amide bonds. The Morgan fingerprint density at radius 2 is 1.65 bits per heavy atom. The van der Waals surface area contributed by atoms with Crippen molar-refractivity contribution in [3.05, 3.63) is 83.2 Å². The third-order valence-electron chi connectivity index (χ3n) is 5.81. The van der Waals surface area contributed by atoms with Crippen molar-refractivity contribution in [3.8, 4) is 11.1 Å². The number of rotatable bonds is 8. The number of carboxylic acid groups (broad SMARTS) is 1. The Kier molecular flexibility index (Phi) is 8.04. The molecule has 10 heteroatoms. The van der Waals surface area contributed by atoms with E-state index in [1.165, 1.54) is 24.4 Å². The van der Waals surface area contributed by atoms with Crippen molar-refractivity contribution in [2.24, 2.45) is 11.1 Å². The van der Waals surface area contributed by atoms with Crippen molar-refractivity contribution in [2.75, 3.05) is 11.9 Å². The molecule has 37 heavy (non-hydrogen) atoms. The molecule has 10 nitrogen and oxygen atoms in total. The van der Waals surface area contributed by atoms with Crippen LogP contribution < -0.4 is 16.4 Å². The average Bonchev–Trinajstić information content (AvgIpc) is 2.86. The molecule has 3 aromatic rings. The second-order valence-corrected chi connectivity index (χ2v) is 9.48. The number of nitrogens with one attached hydrogen (secondary N) is 3. The molecule has 2 aromatic carbocycles. The third-order valence-corrected chi connectivity index (χ3v) is 5.81. The van der Waals surface area contributed by atoms with Gasteiger partial charge in [0, 0.05) is 28.6 Å². The fraction of sp³-hybridized carbons (Fsp3) is 0.222. The molecule has 1 unspecified atom stereocenters. The maximum atomic E-state index is 13.1. The first-order valence-electron chi connectivity index (χ1n) is 11.4. The number of aromatic nitrogens is 1. The van der Waals surface area contributed by atoms with Gasteiger partial charge in [-0.05, 0) is 53.4 Å². The quantitative estimate of drug-likeness (QED) is 0.202. The van der Waals surface area contributed by atoms with Crippen LogP contribution in [0.4, 0.5) is 5.69 Å². The number of hydrogen-bond acceptors (Lipinski definition) is 6. The largest absolute Gasteiger partial charge is 0.478 e. The zero-order chi connectivity index (χ0) is 27.3. The van der Waals surface area contributed by atoms with Crippen molar-refractivity contribution < 1.29 is 24.6 Å². The number of nitrogen functional groups attached to an aromatic ring is 1. The molecule has 0 saturated heterocycles. The van der Waals surface area contributed by atoms with Crippen molar-refractivity contribution in [2.45, 2.75) is 26.8 Å². The number of aromatic carboxylic acids is 1. The molecule has 0 bridgehead atoms. The number of anilines is 1. The molecular formula is C27H29N5O5. The summed E-state index contributed by atoms with van der Waals surface area (Å²) in [5.41, 5.74) is 6.38. The number of pyridine rings is 1. The van der Waals surface area contributed by atoms with E-state index in [2.05, 4.69) is 15.6 Å². The van der Waals surface area contributed by atoms with Crippen LogP contribution in [0.25, 0.3) is 11.1 Å². The highest BCUT2D eigenvalue weighted by molar-refractivity contribution is 6.09. The van der Waals surface area contributed by atoms with Crippen LogP contribution in [-0.2, 0) is 0 Å². The van der Waals surface area contributed by atoms with Crippen LogP contribution in [0.3, 0.4) is 0 Å². The SMILES string of the molecule is CC(C)(C)C(CO)NC(=O)c1ccc(-c2cccnc2C(=O)Nc2ccc(C(=N)N)cc2)c(C(=O)O)c1. The summed E-state index contributed by atoms with van der Waals surface area (Å²) >= 11 is 0. The van der Waals surface area contributed by atoms with E-state index >= 15 is 0 Å². The number of nitrogens with zero attached hydrogens (tertiary/aromatic N) is 1. The maximum absolute atomic E-state index is 13.1. The summed E-state index contributed by atoms with van der Waals surface area (Å²) in [5, 5.41) is 32.5. The second kappa shape index (κ2) is 11.0. The van der Waals surface area contributed by atoms with Crippen LogP contribution in [0.1, 0.15) is 57.5 Å². The van der Waals surface area contributed by atoms with Crippen LogP contribution in [-0.4, -0.2) is 51.5 Å². The monoisotopic (exact) mass is 503 g/mol. The van der Waals surface area contributed by atoms with Crippen LogP contribution in [0.2, 0.25) is 0 Å². The Morgan fingerprint density at radius 1 is 1.00 bits per heavy atom. The molecule has 0 saturated carbocycles. The smallest absolute Gasteiger partial charge is 0.336 e. The van der Waals surface area contributed by atoms with Gasteiger partial charge in [-0.1, -0.05) is 32.9 Å². The van der Waals surface area contributed by atoms with Crippen molar-refractivity contribution in [1.29, 1.82) is 5.41 Å². The standard InChI is InChI=1S/C27H29N5O5/c1-27(2,3)21(14-33)32-24(34)16-8-11-18(20(13-16)26(36)37)19-5-4-12-30-22(19)25(35)31-17-9-6-15(7-10-17)23(28)29/h4-13,21,33H,14H2,1-3H3,(H3,28,29)(H,31,35)(H,32,34)(H,36,37). The molecule has 192 valence electrons. The van der Waals surface area contributed by atoms with Crippen molar-refractivity contribution >= 4 is 29.3 Å². The van der Waals surface area contributed by atoms with E-state index in [4.69, 9.17) is 11.1 Å². The van der Waals surface area contributed by atoms with Gasteiger partial charge in [0.25, 0.3) is 11.8 Å². The van der Waals surface area contributed by atoms with E-state index in [1.807, 2.05) is 20.8 Å². The Bertz CT molecular complexity index is 1350. The van der Waals surface area contributed by atoms with Crippen molar-refractivity contribution in [1.82, 2.24) is 10.3 Å². The fourth-order valence-electron chi connectivity index (χ4n) is 3.60. The first-order chi connectivity index (χ1) is 17.4. The van der Waals surface area contributed by atoms with Gasteiger partial charge in [0.15, 0.2) is 0 Å². The van der Waals surface area contributed by atoms with E-state index in [1.54, 1.807) is 36.4 Å². The molecule has 3 rings (SSSR count). The van der Waals surface area contributed by atoms with Gasteiger partial charge in [-0.15, -0.1) is 0 Å². The van der Waals surface area contributed by atoms with Gasteiger partial charge in [0.05, 0.1) is 18.2 Å². The van der Waals surface area contributed by atoms with Gasteiger partial charge < -0.3 is 26.6 Å². The minimum atomic E-state index is -1.28. The highest BCUT2D eigenvalue weighted by atomic mass is 16.4. The third kappa shape index (κ3) is 6.36. The van der Waals surface area contributed by atoms with Crippen LogP contribution in [0, 0.1) is 10.8 Å². The number of carbonyl (C=O) groups is 3. The number of amidine groups is 1. The predicted molar refractivity (Wildman–Crippen MR) is 140 cm³/mol. The number of hydrogen-bond donors (Lipinski definition) is 6. The average molecular weight is 504 g/mol. The molecule has 0 aliphatic carbocycles. The number of carboxylic acids is 1. The van der Waals surface area contributed by atoms with Crippen LogP contribution >= 0.6 is 0 Å². The Hall–Kier alpha value is -4.57. The minimum absolute atomic E-state index is 0.00840. The van der Waals surface area contributed by atoms with E-state index in [0.29, 0.717) is 11.3 Å². The zero-order valence-corrected chi connectivity index (χ0v) is 20.7. The maximum Gasteiger partial charge on any atom is 0.336 e. The summed E-state index contributed by atoms with van der Waals surface area (Å²) in [5.74, 6) is -2.48. The highest BCUT2D eigenvalue weighted by Gasteiger charge is 2.27. The van der Waals surface area contributed by atoms with E-state index in [-0.39, 0.29) is 40.4 Å². The topological polar surface area (TPSA) is 178 Å². The van der Waals surface area contributed by atoms with Gasteiger partial charge in [0.2, 0.25) is 0 Å². The fourth-order valence-corrected chi connectivity index (χ4v) is 3.60. The lowest BCUT2D eigenvalue weighted by atomic mass is 9.87. The minimum Gasteiger partial charge on any atom is -0.478 e. The van der Waals surface area contributed by atoms with Gasteiger partial charge in [-0.2, -0.15) is 0 Å². The van der Waals surface area contributed by atoms with Crippen LogP contribution in [0.15, 0.2) is 60.8 Å². The number of amides is 2. The zero-order valence-electron chi connectivity index (χ0n) is 20.7. The van der Waals surface area contributed by atoms with Gasteiger partial charge in [-0.3, -0.25) is 20.0 Å². The summed E-state index contributed by atoms with van der Waals surface area (Å²) in [4.78, 5) is 42.2. The first kappa shape index (κ1) is 27.0. The normalized spacial score (nSPS) is 11.9. The van der Waals surface area contributed by atoms with Gasteiger partial charge in [-0.25, -0.2) is 4.79 Å². The number of carbonyl (C=O) groups excluding carboxylic acids is 2. The lowest BCUT2D eigenvalue weighted by molar-refractivity contribution is 0.0697. The Labute approximate surface area is 214 Å². The molecule has 0 radical (unpaired) electrons. The van der Waals surface area contributed by atoms with E-state index in [0.717, 1.165) is 0 Å². The summed E-state index contributed by atoms with van der Waals surface area (Å²) < 4.78 is 0. The van der Waals surface area contributed by atoms with Crippen LogP contribution in [0.5, 0.6) is 0 Å². The predicted octanol–water partition coefficient (Wildman–Crippen LogP) is 3.12. The molecule has 0 aliphatic heterocycles. The van der Waals surface area contributed by atoms with Gasteiger partial charge in [0.1, 0.15) is 11.5 Å². The number of aliphatic hydroxyl groups excluding tert-OH is 1. The lowest BCUT2D eigenvalue weighted by Crippen LogP contribution is -2.46. The summed E-state index contributed by atoms with van der Waals surface area (Å²) in [7, 11) is 0. The number of aliphatic hydroxyl groups is 1. The molecule has 1 aromatic heterocycles. The van der Waals surface area contributed by atoms with E-state index in [9.17, 15) is 24.6 Å². The summed E-state index contributed by atoms with van der Waals surface area (Å²) in [6, 6.07) is 13.1. The lowest BCUT2D eigenvalue weighted by Gasteiger charge is -2.29. The summed E-state index contributed by atoms with van der Waals surface area (Å²) in [6.07, 6.45) is 1.42. The molecule has 1 heterocycles. The number of nitrogens with two attached hydrogens (primary N) is 1. The molecule has 1 atom stereocenters. The molecule has 7 N–H and O–H groups in total. The van der Waals surface area contributed by atoms with Gasteiger partial charge >= 0.3 is 5.97 Å². The Morgan fingerprint density at radius 3 is 2.22 bits per heavy atom. The summed E-state index contributed by atoms with van der Waals surface area (Å²) in [6.45, 7) is 5.33. The second-order valence-electron chi connectivity index (χ2n) is 9.48. The molecule has 0 aliphatic rings. The Balaban J connectivity index is 1.95. The molecule has 0 fully saturated rings.